The molecular weight excluding hydrogens is 295 g/mol. The van der Waals surface area contributed by atoms with Crippen LogP contribution in [0.3, 0.4) is 0 Å². The van der Waals surface area contributed by atoms with E-state index in [0.717, 1.165) is 0 Å². The Morgan fingerprint density at radius 2 is 1.72 bits per heavy atom. The summed E-state index contributed by atoms with van der Waals surface area (Å²) in [6, 6.07) is 3.09. The van der Waals surface area contributed by atoms with Crippen LogP contribution in [0.5, 0.6) is 0 Å². The van der Waals surface area contributed by atoms with E-state index in [2.05, 4.69) is 10.5 Å². The predicted octanol–water partition coefficient (Wildman–Crippen LogP) is 4.66. The van der Waals surface area contributed by atoms with Crippen LogP contribution in [0.15, 0.2) is 17.2 Å². The van der Waals surface area contributed by atoms with Crippen molar-refractivity contribution in [2.75, 3.05) is 5.43 Å². The number of carbonyl (C=O) groups excluding carboxylic acids is 1. The summed E-state index contributed by atoms with van der Waals surface area (Å²) in [6.45, 7) is 5.65. The van der Waals surface area contributed by atoms with Gasteiger partial charge in [0.1, 0.15) is 5.71 Å². The molecule has 0 aliphatic heterocycles. The van der Waals surface area contributed by atoms with E-state index in [1.807, 2.05) is 20.8 Å². The van der Waals surface area contributed by atoms with E-state index in [4.69, 9.17) is 34.8 Å². The molecule has 3 nitrogen and oxygen atoms in total. The number of hydrazone groups is 1. The molecule has 18 heavy (non-hydrogen) atoms. The summed E-state index contributed by atoms with van der Waals surface area (Å²) in [5.74, 6) is 0. The Hall–Kier alpha value is -0.770. The summed E-state index contributed by atoms with van der Waals surface area (Å²) in [5.41, 5.74) is 3.13. The second-order valence-electron chi connectivity index (χ2n) is 4.72. The molecule has 0 atom stereocenters. The summed E-state index contributed by atoms with van der Waals surface area (Å²) < 4.78 is 0. The highest BCUT2D eigenvalue weighted by molar-refractivity contribution is 6.41. The number of nitrogens with one attached hydrogen (secondary N) is 1. The van der Waals surface area contributed by atoms with E-state index in [0.29, 0.717) is 32.8 Å². The Balaban J connectivity index is 3.06. The van der Waals surface area contributed by atoms with Gasteiger partial charge >= 0.3 is 0 Å². The van der Waals surface area contributed by atoms with Gasteiger partial charge < -0.3 is 0 Å². The topological polar surface area (TPSA) is 41.5 Å². The molecule has 1 aromatic rings. The Morgan fingerprint density at radius 1 is 1.22 bits per heavy atom. The maximum atomic E-state index is 10.9. The molecule has 0 aromatic heterocycles. The van der Waals surface area contributed by atoms with E-state index in [1.54, 1.807) is 12.1 Å². The third kappa shape index (κ3) is 3.87. The summed E-state index contributed by atoms with van der Waals surface area (Å²) in [5, 5.41) is 5.14. The molecule has 0 aliphatic carbocycles. The van der Waals surface area contributed by atoms with Crippen molar-refractivity contribution in [3.05, 3.63) is 27.2 Å². The molecule has 1 rings (SSSR count). The van der Waals surface area contributed by atoms with Crippen LogP contribution in [0.1, 0.15) is 20.8 Å². The molecule has 98 valence electrons. The summed E-state index contributed by atoms with van der Waals surface area (Å²) >= 11 is 17.8. The zero-order valence-corrected chi connectivity index (χ0v) is 12.5. The molecule has 0 aliphatic rings. The predicted molar refractivity (Wildman–Crippen MR) is 78.0 cm³/mol. The van der Waals surface area contributed by atoms with E-state index >= 15 is 0 Å². The quantitative estimate of drug-likeness (QED) is 0.501. The van der Waals surface area contributed by atoms with Gasteiger partial charge in [-0.1, -0.05) is 55.6 Å². The number of rotatable bonds is 3. The van der Waals surface area contributed by atoms with Gasteiger partial charge in [-0.2, -0.15) is 5.10 Å². The summed E-state index contributed by atoms with van der Waals surface area (Å²) in [7, 11) is 0. The van der Waals surface area contributed by atoms with Crippen molar-refractivity contribution in [1.29, 1.82) is 0 Å². The number of carbonyl (C=O) groups is 1. The average Bonchev–Trinajstić information content (AvgIpc) is 2.19. The Kier molecular flexibility index (Phi) is 5.02. The van der Waals surface area contributed by atoms with Crippen LogP contribution >= 0.6 is 34.8 Å². The second kappa shape index (κ2) is 5.91. The van der Waals surface area contributed by atoms with Gasteiger partial charge in [-0.15, -0.1) is 0 Å². The minimum atomic E-state index is -0.361. The van der Waals surface area contributed by atoms with Crippen molar-refractivity contribution in [2.24, 2.45) is 10.5 Å². The van der Waals surface area contributed by atoms with Crippen molar-refractivity contribution in [3.8, 4) is 0 Å². The van der Waals surface area contributed by atoms with Crippen molar-refractivity contribution < 1.29 is 4.79 Å². The van der Waals surface area contributed by atoms with Crippen LogP contribution in [-0.2, 0) is 4.79 Å². The monoisotopic (exact) mass is 306 g/mol. The van der Waals surface area contributed by atoms with E-state index in [1.165, 1.54) is 0 Å². The lowest BCUT2D eigenvalue weighted by Crippen LogP contribution is -2.22. The zero-order valence-electron chi connectivity index (χ0n) is 10.2. The normalized spacial score (nSPS) is 12.4. The number of anilines is 1. The number of benzene rings is 1. The van der Waals surface area contributed by atoms with Crippen molar-refractivity contribution in [2.45, 2.75) is 20.8 Å². The Bertz CT molecular complexity index is 470. The highest BCUT2D eigenvalue weighted by Crippen LogP contribution is 2.33. The molecule has 0 fully saturated rings. The molecule has 0 saturated carbocycles. The standard InChI is InChI=1S/C12H13Cl3N2O/c1-12(2,3)10(6-18)16-17-11-8(14)4-7(13)5-9(11)15/h4-6,17H,1-3H3/b16-10-. The van der Waals surface area contributed by atoms with Gasteiger partial charge in [-0.05, 0) is 12.1 Å². The molecule has 0 radical (unpaired) electrons. The lowest BCUT2D eigenvalue weighted by molar-refractivity contribution is -0.103. The number of aldehydes is 1. The van der Waals surface area contributed by atoms with Crippen molar-refractivity contribution in [3.63, 3.8) is 0 Å². The summed E-state index contributed by atoms with van der Waals surface area (Å²) in [6.07, 6.45) is 0.699. The third-order valence-corrected chi connectivity index (χ3v) is 2.99. The van der Waals surface area contributed by atoms with E-state index in [-0.39, 0.29) is 5.41 Å². The lowest BCUT2D eigenvalue weighted by atomic mass is 9.91. The molecular formula is C12H13Cl3N2O. The molecule has 0 unspecified atom stereocenters. The minimum Gasteiger partial charge on any atom is -0.296 e. The number of halogens is 3. The molecule has 0 amide bonds. The zero-order chi connectivity index (χ0) is 13.9. The average molecular weight is 308 g/mol. The fraction of sp³-hybridized carbons (Fsp3) is 0.333. The lowest BCUT2D eigenvalue weighted by Gasteiger charge is -2.17. The molecule has 1 N–H and O–H groups in total. The van der Waals surface area contributed by atoms with Crippen LogP contribution in [-0.4, -0.2) is 12.0 Å². The van der Waals surface area contributed by atoms with E-state index < -0.39 is 0 Å². The fourth-order valence-electron chi connectivity index (χ4n) is 1.14. The molecule has 0 heterocycles. The number of hydrogen-bond acceptors (Lipinski definition) is 3. The Labute approximate surface area is 121 Å². The first-order valence-electron chi connectivity index (χ1n) is 5.19. The summed E-state index contributed by atoms with van der Waals surface area (Å²) in [4.78, 5) is 10.9. The van der Waals surface area contributed by atoms with Gasteiger partial charge in [0.25, 0.3) is 0 Å². The van der Waals surface area contributed by atoms with Crippen LogP contribution in [0.2, 0.25) is 15.1 Å². The van der Waals surface area contributed by atoms with Gasteiger partial charge in [0.05, 0.1) is 15.7 Å². The number of nitrogens with zero attached hydrogens (tertiary/aromatic N) is 1. The molecule has 1 aromatic carbocycles. The largest absolute Gasteiger partial charge is 0.296 e. The van der Waals surface area contributed by atoms with Gasteiger partial charge in [-0.25, -0.2) is 0 Å². The van der Waals surface area contributed by atoms with Crippen molar-refractivity contribution in [1.82, 2.24) is 0 Å². The van der Waals surface area contributed by atoms with Gasteiger partial charge in [0.2, 0.25) is 0 Å². The molecule has 6 heteroatoms. The molecule has 0 bridgehead atoms. The molecule has 0 saturated heterocycles. The first kappa shape index (κ1) is 15.3. The van der Waals surface area contributed by atoms with Crippen LogP contribution in [0.25, 0.3) is 0 Å². The maximum Gasteiger partial charge on any atom is 0.166 e. The first-order valence-corrected chi connectivity index (χ1v) is 6.33. The van der Waals surface area contributed by atoms with Crippen LogP contribution in [0, 0.1) is 5.41 Å². The third-order valence-electron chi connectivity index (χ3n) is 2.18. The van der Waals surface area contributed by atoms with Gasteiger partial charge in [0.15, 0.2) is 6.29 Å². The second-order valence-corrected chi connectivity index (χ2v) is 5.97. The fourth-order valence-corrected chi connectivity index (χ4v) is 2.04. The minimum absolute atomic E-state index is 0.343. The highest BCUT2D eigenvalue weighted by atomic mass is 35.5. The number of hydrogen-bond donors (Lipinski definition) is 1. The van der Waals surface area contributed by atoms with Gasteiger partial charge in [-0.3, -0.25) is 10.2 Å². The maximum absolute atomic E-state index is 10.9. The smallest absolute Gasteiger partial charge is 0.166 e. The molecule has 0 spiro atoms. The van der Waals surface area contributed by atoms with Crippen LogP contribution in [0.4, 0.5) is 5.69 Å². The SMILES string of the molecule is CC(C)(C)/C(C=O)=N\Nc1c(Cl)cc(Cl)cc1Cl. The van der Waals surface area contributed by atoms with E-state index in [9.17, 15) is 4.79 Å². The Morgan fingerprint density at radius 3 is 2.11 bits per heavy atom. The van der Waals surface area contributed by atoms with Crippen LogP contribution < -0.4 is 5.43 Å². The first-order chi connectivity index (χ1) is 8.25. The van der Waals surface area contributed by atoms with Crippen molar-refractivity contribution >= 4 is 52.5 Å². The van der Waals surface area contributed by atoms with Gasteiger partial charge in [0, 0.05) is 10.4 Å². The highest BCUT2D eigenvalue weighted by Gasteiger charge is 2.18.